The second kappa shape index (κ2) is 6.38. The standard InChI is InChI=1S/C15H16N4O/c16-14(17)12-6-8-13(9-7-12)19-15(20)18-10-11-4-2-1-3-5-11/h1-9H,10H2,(H3,16,17)(H2,18,19,20). The maximum absolute atomic E-state index is 11.7. The first kappa shape index (κ1) is 13.6. The fraction of sp³-hybridized carbons (Fsp3) is 0.0667. The van der Waals surface area contributed by atoms with Crippen molar-refractivity contribution in [2.24, 2.45) is 5.73 Å². The van der Waals surface area contributed by atoms with Gasteiger partial charge in [-0.2, -0.15) is 0 Å². The topological polar surface area (TPSA) is 91.0 Å². The van der Waals surface area contributed by atoms with Gasteiger partial charge in [0.15, 0.2) is 0 Å². The van der Waals surface area contributed by atoms with E-state index in [1.807, 2.05) is 30.3 Å². The Balaban J connectivity index is 1.86. The molecular formula is C15H16N4O. The van der Waals surface area contributed by atoms with E-state index in [-0.39, 0.29) is 11.9 Å². The molecule has 0 heterocycles. The molecule has 2 aromatic carbocycles. The lowest BCUT2D eigenvalue weighted by Gasteiger charge is -2.08. The van der Waals surface area contributed by atoms with Crippen molar-refractivity contribution in [2.75, 3.05) is 5.32 Å². The van der Waals surface area contributed by atoms with Crippen LogP contribution in [-0.4, -0.2) is 11.9 Å². The second-order valence-corrected chi connectivity index (χ2v) is 4.28. The van der Waals surface area contributed by atoms with Gasteiger partial charge in [0.2, 0.25) is 0 Å². The number of hydrogen-bond donors (Lipinski definition) is 4. The van der Waals surface area contributed by atoms with Crippen LogP contribution in [0.1, 0.15) is 11.1 Å². The summed E-state index contributed by atoms with van der Waals surface area (Å²) in [6.07, 6.45) is 0. The van der Waals surface area contributed by atoms with E-state index in [0.717, 1.165) is 5.56 Å². The van der Waals surface area contributed by atoms with Gasteiger partial charge >= 0.3 is 6.03 Å². The Kier molecular flexibility index (Phi) is 4.34. The van der Waals surface area contributed by atoms with Gasteiger partial charge in [-0.3, -0.25) is 5.41 Å². The Morgan fingerprint density at radius 1 is 1.05 bits per heavy atom. The van der Waals surface area contributed by atoms with Crippen molar-refractivity contribution in [1.82, 2.24) is 5.32 Å². The van der Waals surface area contributed by atoms with Crippen molar-refractivity contribution in [3.8, 4) is 0 Å². The van der Waals surface area contributed by atoms with Crippen molar-refractivity contribution >= 4 is 17.6 Å². The minimum atomic E-state index is -0.274. The molecule has 2 rings (SSSR count). The molecule has 2 aromatic rings. The van der Waals surface area contributed by atoms with Gasteiger partial charge in [0.25, 0.3) is 0 Å². The molecule has 0 radical (unpaired) electrons. The van der Waals surface area contributed by atoms with Gasteiger partial charge in [0.1, 0.15) is 5.84 Å². The largest absolute Gasteiger partial charge is 0.384 e. The number of amides is 2. The van der Waals surface area contributed by atoms with Crippen LogP contribution < -0.4 is 16.4 Å². The molecule has 0 saturated carbocycles. The van der Waals surface area contributed by atoms with Gasteiger partial charge in [0, 0.05) is 17.8 Å². The normalized spacial score (nSPS) is 9.80. The molecule has 0 aliphatic rings. The molecule has 2 amide bonds. The Hall–Kier alpha value is -2.82. The highest BCUT2D eigenvalue weighted by molar-refractivity contribution is 5.96. The summed E-state index contributed by atoms with van der Waals surface area (Å²) in [5.41, 5.74) is 7.68. The van der Waals surface area contributed by atoms with Gasteiger partial charge < -0.3 is 16.4 Å². The van der Waals surface area contributed by atoms with Crippen molar-refractivity contribution in [2.45, 2.75) is 6.54 Å². The zero-order chi connectivity index (χ0) is 14.4. The summed E-state index contributed by atoms with van der Waals surface area (Å²) in [5, 5.41) is 12.8. The fourth-order valence-electron chi connectivity index (χ4n) is 1.69. The van der Waals surface area contributed by atoms with Gasteiger partial charge in [-0.15, -0.1) is 0 Å². The summed E-state index contributed by atoms with van der Waals surface area (Å²) in [6, 6.07) is 16.2. The molecular weight excluding hydrogens is 252 g/mol. The average molecular weight is 268 g/mol. The van der Waals surface area contributed by atoms with Crippen molar-refractivity contribution < 1.29 is 4.79 Å². The Morgan fingerprint density at radius 2 is 1.70 bits per heavy atom. The van der Waals surface area contributed by atoms with E-state index in [1.165, 1.54) is 0 Å². The lowest BCUT2D eigenvalue weighted by molar-refractivity contribution is 0.251. The van der Waals surface area contributed by atoms with Gasteiger partial charge in [-0.1, -0.05) is 30.3 Å². The van der Waals surface area contributed by atoms with Crippen LogP contribution in [0.4, 0.5) is 10.5 Å². The smallest absolute Gasteiger partial charge is 0.319 e. The van der Waals surface area contributed by atoms with Crippen molar-refractivity contribution in [3.63, 3.8) is 0 Å². The Labute approximate surface area is 117 Å². The number of amidine groups is 1. The van der Waals surface area contributed by atoms with Crippen LogP contribution in [0.25, 0.3) is 0 Å². The van der Waals surface area contributed by atoms with Crippen molar-refractivity contribution in [1.29, 1.82) is 5.41 Å². The molecule has 0 spiro atoms. The highest BCUT2D eigenvalue weighted by Crippen LogP contribution is 2.09. The van der Waals surface area contributed by atoms with E-state index < -0.39 is 0 Å². The quantitative estimate of drug-likeness (QED) is 0.506. The maximum atomic E-state index is 11.7. The number of nitrogens with one attached hydrogen (secondary N) is 3. The first-order valence-corrected chi connectivity index (χ1v) is 6.18. The van der Waals surface area contributed by atoms with E-state index in [0.29, 0.717) is 17.8 Å². The van der Waals surface area contributed by atoms with Crippen molar-refractivity contribution in [3.05, 3.63) is 65.7 Å². The number of nitrogen functional groups attached to an aromatic ring is 1. The summed E-state index contributed by atoms with van der Waals surface area (Å²) < 4.78 is 0. The number of benzene rings is 2. The van der Waals surface area contributed by atoms with Crippen LogP contribution in [0.15, 0.2) is 54.6 Å². The first-order chi connectivity index (χ1) is 9.65. The van der Waals surface area contributed by atoms with E-state index in [2.05, 4.69) is 10.6 Å². The fourth-order valence-corrected chi connectivity index (χ4v) is 1.69. The number of anilines is 1. The number of urea groups is 1. The molecule has 5 heteroatoms. The maximum Gasteiger partial charge on any atom is 0.319 e. The molecule has 20 heavy (non-hydrogen) atoms. The summed E-state index contributed by atoms with van der Waals surface area (Å²) in [7, 11) is 0. The zero-order valence-electron chi connectivity index (χ0n) is 10.9. The minimum absolute atomic E-state index is 0.00470. The third-order valence-electron chi connectivity index (χ3n) is 2.75. The van der Waals surface area contributed by atoms with Crippen LogP contribution in [0.5, 0.6) is 0 Å². The third kappa shape index (κ3) is 3.84. The molecule has 0 aromatic heterocycles. The van der Waals surface area contributed by atoms with Crippen LogP contribution in [0.3, 0.4) is 0 Å². The molecule has 102 valence electrons. The first-order valence-electron chi connectivity index (χ1n) is 6.18. The van der Waals surface area contributed by atoms with Gasteiger partial charge in [0.05, 0.1) is 0 Å². The number of rotatable bonds is 4. The summed E-state index contributed by atoms with van der Waals surface area (Å²) in [6.45, 7) is 0.470. The summed E-state index contributed by atoms with van der Waals surface area (Å²) in [4.78, 5) is 11.7. The van der Waals surface area contributed by atoms with Crippen LogP contribution in [0.2, 0.25) is 0 Å². The van der Waals surface area contributed by atoms with Crippen LogP contribution in [0, 0.1) is 5.41 Å². The van der Waals surface area contributed by atoms with E-state index in [9.17, 15) is 4.79 Å². The van der Waals surface area contributed by atoms with Gasteiger partial charge in [-0.05, 0) is 29.8 Å². The monoisotopic (exact) mass is 268 g/mol. The molecule has 0 bridgehead atoms. The highest BCUT2D eigenvalue weighted by Gasteiger charge is 2.02. The number of hydrogen-bond acceptors (Lipinski definition) is 2. The molecule has 5 N–H and O–H groups in total. The van der Waals surface area contributed by atoms with Crippen LogP contribution in [-0.2, 0) is 6.54 Å². The lowest BCUT2D eigenvalue weighted by atomic mass is 10.2. The molecule has 0 unspecified atom stereocenters. The molecule has 0 aliphatic heterocycles. The molecule has 5 nitrogen and oxygen atoms in total. The van der Waals surface area contributed by atoms with E-state index in [1.54, 1.807) is 24.3 Å². The predicted molar refractivity (Wildman–Crippen MR) is 79.8 cm³/mol. The van der Waals surface area contributed by atoms with E-state index in [4.69, 9.17) is 11.1 Å². The lowest BCUT2D eigenvalue weighted by Crippen LogP contribution is -2.28. The Bertz CT molecular complexity index is 593. The average Bonchev–Trinajstić information content (AvgIpc) is 2.47. The second-order valence-electron chi connectivity index (χ2n) is 4.28. The Morgan fingerprint density at radius 3 is 2.30 bits per heavy atom. The molecule has 0 aliphatic carbocycles. The summed E-state index contributed by atoms with van der Waals surface area (Å²) >= 11 is 0. The number of carbonyl (C=O) groups excluding carboxylic acids is 1. The molecule has 0 saturated heterocycles. The summed E-state index contributed by atoms with van der Waals surface area (Å²) in [5.74, 6) is 0.00470. The third-order valence-corrected chi connectivity index (χ3v) is 2.75. The highest BCUT2D eigenvalue weighted by atomic mass is 16.2. The van der Waals surface area contributed by atoms with Gasteiger partial charge in [-0.25, -0.2) is 4.79 Å². The molecule has 0 atom stereocenters. The number of nitrogens with two attached hydrogens (primary N) is 1. The minimum Gasteiger partial charge on any atom is -0.384 e. The SMILES string of the molecule is N=C(N)c1ccc(NC(=O)NCc2ccccc2)cc1. The molecule has 0 fully saturated rings. The van der Waals surface area contributed by atoms with Crippen LogP contribution >= 0.6 is 0 Å². The zero-order valence-corrected chi connectivity index (χ0v) is 10.9. The van der Waals surface area contributed by atoms with E-state index >= 15 is 0 Å². The predicted octanol–water partition coefficient (Wildman–Crippen LogP) is 2.29. The number of carbonyl (C=O) groups is 1.